The predicted octanol–water partition coefficient (Wildman–Crippen LogP) is 3.12. The lowest BCUT2D eigenvalue weighted by Crippen LogP contribution is -2.12. The maximum absolute atomic E-state index is 12.4. The van der Waals surface area contributed by atoms with E-state index in [9.17, 15) is 14.7 Å². The smallest absolute Gasteiger partial charge is 0.231 e. The Morgan fingerprint density at radius 3 is 2.43 bits per heavy atom. The summed E-state index contributed by atoms with van der Waals surface area (Å²) >= 11 is 5.78. The van der Waals surface area contributed by atoms with Crippen molar-refractivity contribution < 1.29 is 9.90 Å². The Morgan fingerprint density at radius 2 is 1.71 bits per heavy atom. The van der Waals surface area contributed by atoms with Gasteiger partial charge >= 0.3 is 0 Å². The van der Waals surface area contributed by atoms with Gasteiger partial charge in [-0.2, -0.15) is 0 Å². The van der Waals surface area contributed by atoms with E-state index in [2.05, 4.69) is 4.98 Å². The summed E-state index contributed by atoms with van der Waals surface area (Å²) in [6.07, 6.45) is 0. The van der Waals surface area contributed by atoms with E-state index >= 15 is 0 Å². The highest BCUT2D eigenvalue weighted by Gasteiger charge is 2.18. The molecule has 0 saturated carbocycles. The standard InChI is InChI=1S/C16H10ClNO3/c17-10-7-5-9(6-8-10)14(19)13-16(21)15(20)11-3-1-2-4-12(11)18-13/h1-8,21H,(H,18,20). The van der Waals surface area contributed by atoms with Gasteiger partial charge in [-0.1, -0.05) is 23.7 Å². The van der Waals surface area contributed by atoms with Gasteiger partial charge in [0.2, 0.25) is 11.2 Å². The number of ketones is 1. The number of nitrogens with one attached hydrogen (secondary N) is 1. The highest BCUT2D eigenvalue weighted by atomic mass is 35.5. The molecule has 3 aromatic rings. The normalized spacial score (nSPS) is 10.7. The number of carbonyl (C=O) groups excluding carboxylic acids is 1. The first kappa shape index (κ1) is 13.4. The molecule has 0 fully saturated rings. The Kier molecular flexibility index (Phi) is 3.23. The summed E-state index contributed by atoms with van der Waals surface area (Å²) in [6.45, 7) is 0. The summed E-state index contributed by atoms with van der Waals surface area (Å²) in [6, 6.07) is 12.9. The number of hydrogen-bond acceptors (Lipinski definition) is 3. The molecule has 0 aliphatic carbocycles. The maximum atomic E-state index is 12.4. The van der Waals surface area contributed by atoms with Crippen LogP contribution in [0.5, 0.6) is 5.75 Å². The van der Waals surface area contributed by atoms with Crippen LogP contribution in [0, 0.1) is 0 Å². The molecule has 2 aromatic carbocycles. The van der Waals surface area contributed by atoms with E-state index in [1.807, 2.05) is 0 Å². The van der Waals surface area contributed by atoms with Crippen LogP contribution < -0.4 is 5.43 Å². The number of aromatic amines is 1. The van der Waals surface area contributed by atoms with Gasteiger partial charge in [-0.3, -0.25) is 9.59 Å². The molecule has 0 aliphatic heterocycles. The summed E-state index contributed by atoms with van der Waals surface area (Å²) in [5.41, 5.74) is 0.140. The average Bonchev–Trinajstić information content (AvgIpc) is 2.51. The third-order valence-electron chi connectivity index (χ3n) is 3.22. The third-order valence-corrected chi connectivity index (χ3v) is 3.47. The number of H-pyrrole nitrogens is 1. The van der Waals surface area contributed by atoms with Crippen LogP contribution in [0.1, 0.15) is 16.1 Å². The van der Waals surface area contributed by atoms with Crippen molar-refractivity contribution in [2.24, 2.45) is 0 Å². The fraction of sp³-hybridized carbons (Fsp3) is 0. The van der Waals surface area contributed by atoms with Gasteiger partial charge in [-0.25, -0.2) is 0 Å². The number of aromatic nitrogens is 1. The average molecular weight is 300 g/mol. The first-order valence-electron chi connectivity index (χ1n) is 6.22. The van der Waals surface area contributed by atoms with Gasteiger partial charge in [0.25, 0.3) is 0 Å². The molecule has 0 amide bonds. The molecule has 2 N–H and O–H groups in total. The number of aromatic hydroxyl groups is 1. The molecule has 1 heterocycles. The number of benzene rings is 2. The van der Waals surface area contributed by atoms with E-state index in [0.717, 1.165) is 0 Å². The first-order valence-corrected chi connectivity index (χ1v) is 6.60. The Bertz CT molecular complexity index is 898. The monoisotopic (exact) mass is 299 g/mol. The minimum atomic E-state index is -0.575. The fourth-order valence-electron chi connectivity index (χ4n) is 2.13. The van der Waals surface area contributed by atoms with Crippen LogP contribution in [-0.2, 0) is 0 Å². The van der Waals surface area contributed by atoms with Gasteiger partial charge in [0, 0.05) is 16.0 Å². The van der Waals surface area contributed by atoms with Gasteiger partial charge in [0.15, 0.2) is 5.75 Å². The number of carbonyl (C=O) groups is 1. The van der Waals surface area contributed by atoms with Crippen molar-refractivity contribution in [3.63, 3.8) is 0 Å². The molecule has 3 rings (SSSR count). The van der Waals surface area contributed by atoms with E-state index in [4.69, 9.17) is 11.6 Å². The van der Waals surface area contributed by atoms with Crippen LogP contribution in [0.2, 0.25) is 5.02 Å². The van der Waals surface area contributed by atoms with E-state index in [1.54, 1.807) is 36.4 Å². The van der Waals surface area contributed by atoms with Crippen LogP contribution in [0.4, 0.5) is 0 Å². The number of para-hydroxylation sites is 1. The van der Waals surface area contributed by atoms with Crippen molar-refractivity contribution in [3.05, 3.63) is 75.0 Å². The molecular weight excluding hydrogens is 290 g/mol. The number of hydrogen-bond donors (Lipinski definition) is 2. The molecule has 0 saturated heterocycles. The molecule has 0 spiro atoms. The number of halogens is 1. The molecule has 21 heavy (non-hydrogen) atoms. The van der Waals surface area contributed by atoms with Crippen LogP contribution in [0.3, 0.4) is 0 Å². The third kappa shape index (κ3) is 2.30. The highest BCUT2D eigenvalue weighted by molar-refractivity contribution is 6.30. The number of pyridine rings is 1. The fourth-order valence-corrected chi connectivity index (χ4v) is 2.26. The molecular formula is C16H10ClNO3. The molecule has 0 atom stereocenters. The molecule has 104 valence electrons. The van der Waals surface area contributed by atoms with Gasteiger partial charge in [-0.05, 0) is 36.4 Å². The molecule has 5 heteroatoms. The zero-order valence-electron chi connectivity index (χ0n) is 10.8. The minimum absolute atomic E-state index is 0.124. The molecule has 4 nitrogen and oxygen atoms in total. The van der Waals surface area contributed by atoms with Crippen LogP contribution in [0.15, 0.2) is 53.3 Å². The molecule has 0 aliphatic rings. The zero-order chi connectivity index (χ0) is 15.0. The van der Waals surface area contributed by atoms with E-state index in [0.29, 0.717) is 21.5 Å². The molecule has 1 aromatic heterocycles. The summed E-state index contributed by atoms with van der Waals surface area (Å²) < 4.78 is 0. The van der Waals surface area contributed by atoms with Gasteiger partial charge in [-0.15, -0.1) is 0 Å². The summed E-state index contributed by atoms with van der Waals surface area (Å²) in [7, 11) is 0. The van der Waals surface area contributed by atoms with E-state index in [1.165, 1.54) is 12.1 Å². The van der Waals surface area contributed by atoms with Crippen molar-refractivity contribution >= 4 is 28.3 Å². The predicted molar refractivity (Wildman–Crippen MR) is 81.1 cm³/mol. The SMILES string of the molecule is O=C(c1ccc(Cl)cc1)c1[nH]c2ccccc2c(=O)c1O. The van der Waals surface area contributed by atoms with Crippen LogP contribution in [0.25, 0.3) is 10.9 Å². The maximum Gasteiger partial charge on any atom is 0.231 e. The van der Waals surface area contributed by atoms with Crippen molar-refractivity contribution in [3.8, 4) is 5.75 Å². The second-order valence-electron chi connectivity index (χ2n) is 4.56. The lowest BCUT2D eigenvalue weighted by Gasteiger charge is -2.06. The summed E-state index contributed by atoms with van der Waals surface area (Å²) in [5.74, 6) is -1.04. The molecule has 0 bridgehead atoms. The van der Waals surface area contributed by atoms with Crippen LogP contribution >= 0.6 is 11.6 Å². The number of fused-ring (bicyclic) bond motifs is 1. The van der Waals surface area contributed by atoms with Crippen molar-refractivity contribution in [1.29, 1.82) is 0 Å². The van der Waals surface area contributed by atoms with Crippen LogP contribution in [-0.4, -0.2) is 15.9 Å². The van der Waals surface area contributed by atoms with Gasteiger partial charge in [0.05, 0.1) is 5.52 Å². The largest absolute Gasteiger partial charge is 0.503 e. The Balaban J connectivity index is 2.20. The lowest BCUT2D eigenvalue weighted by molar-refractivity contribution is 0.103. The van der Waals surface area contributed by atoms with E-state index < -0.39 is 17.0 Å². The molecule has 0 unspecified atom stereocenters. The zero-order valence-corrected chi connectivity index (χ0v) is 11.5. The second-order valence-corrected chi connectivity index (χ2v) is 5.00. The lowest BCUT2D eigenvalue weighted by atomic mass is 10.1. The Labute approximate surface area is 124 Å². The van der Waals surface area contributed by atoms with E-state index in [-0.39, 0.29) is 5.69 Å². The van der Waals surface area contributed by atoms with Crippen molar-refractivity contribution in [2.75, 3.05) is 0 Å². The quantitative estimate of drug-likeness (QED) is 0.714. The topological polar surface area (TPSA) is 70.2 Å². The van der Waals surface area contributed by atoms with Gasteiger partial charge in [0.1, 0.15) is 5.69 Å². The Hall–Kier alpha value is -2.59. The second kappa shape index (κ2) is 5.07. The van der Waals surface area contributed by atoms with Crippen molar-refractivity contribution in [1.82, 2.24) is 4.98 Å². The molecule has 0 radical (unpaired) electrons. The minimum Gasteiger partial charge on any atom is -0.503 e. The summed E-state index contributed by atoms with van der Waals surface area (Å²) in [5, 5.41) is 10.8. The van der Waals surface area contributed by atoms with Crippen molar-refractivity contribution in [2.45, 2.75) is 0 Å². The Morgan fingerprint density at radius 1 is 1.05 bits per heavy atom. The highest BCUT2D eigenvalue weighted by Crippen LogP contribution is 2.20. The van der Waals surface area contributed by atoms with Gasteiger partial charge < -0.3 is 10.1 Å². The summed E-state index contributed by atoms with van der Waals surface area (Å²) in [4.78, 5) is 27.3. The number of rotatable bonds is 2. The first-order chi connectivity index (χ1) is 10.1.